The van der Waals surface area contributed by atoms with E-state index in [0.717, 1.165) is 32.1 Å². The van der Waals surface area contributed by atoms with Crippen molar-refractivity contribution in [1.29, 1.82) is 0 Å². The maximum atomic E-state index is 12.2. The van der Waals surface area contributed by atoms with E-state index in [-0.39, 0.29) is 18.2 Å². The number of carboxylic acid groups (broad SMARTS) is 1. The summed E-state index contributed by atoms with van der Waals surface area (Å²) in [4.78, 5) is 36.9. The Balaban J connectivity index is 2.31. The standard InChI is InChI=1S/C14H21NO4/c16-11-6-2-3-7-12(17)15(11)14(10-13(18)19)8-4-1-5-9-14/h1-10H2,(H,18,19). The molecule has 0 atom stereocenters. The van der Waals surface area contributed by atoms with Crippen molar-refractivity contribution < 1.29 is 19.5 Å². The van der Waals surface area contributed by atoms with Gasteiger partial charge >= 0.3 is 5.97 Å². The smallest absolute Gasteiger partial charge is 0.305 e. The lowest BCUT2D eigenvalue weighted by Gasteiger charge is -2.44. The summed E-state index contributed by atoms with van der Waals surface area (Å²) in [5.41, 5.74) is -0.761. The Bertz CT molecular complexity index is 367. The summed E-state index contributed by atoms with van der Waals surface area (Å²) < 4.78 is 0. The van der Waals surface area contributed by atoms with E-state index < -0.39 is 11.5 Å². The zero-order valence-electron chi connectivity index (χ0n) is 11.2. The van der Waals surface area contributed by atoms with Crippen molar-refractivity contribution in [3.63, 3.8) is 0 Å². The second-order valence-electron chi connectivity index (χ2n) is 5.69. The molecule has 1 saturated carbocycles. The summed E-state index contributed by atoms with van der Waals surface area (Å²) in [5, 5.41) is 9.16. The molecule has 2 rings (SSSR count). The van der Waals surface area contributed by atoms with Crippen LogP contribution < -0.4 is 0 Å². The van der Waals surface area contributed by atoms with Crippen LogP contribution in [0.4, 0.5) is 0 Å². The minimum Gasteiger partial charge on any atom is -0.481 e. The van der Waals surface area contributed by atoms with Crippen molar-refractivity contribution in [2.24, 2.45) is 0 Å². The van der Waals surface area contributed by atoms with Crippen molar-refractivity contribution in [1.82, 2.24) is 4.90 Å². The molecule has 1 saturated heterocycles. The highest BCUT2D eigenvalue weighted by Gasteiger charge is 2.45. The molecule has 0 spiro atoms. The number of carboxylic acids is 1. The van der Waals surface area contributed by atoms with Crippen LogP contribution in [0.5, 0.6) is 0 Å². The lowest BCUT2D eigenvalue weighted by atomic mass is 9.77. The van der Waals surface area contributed by atoms with Gasteiger partial charge in [0.1, 0.15) is 0 Å². The van der Waals surface area contributed by atoms with Crippen molar-refractivity contribution in [2.75, 3.05) is 0 Å². The van der Waals surface area contributed by atoms with E-state index in [4.69, 9.17) is 5.11 Å². The van der Waals surface area contributed by atoms with E-state index in [1.54, 1.807) is 0 Å². The van der Waals surface area contributed by atoms with Crippen LogP contribution in [0.25, 0.3) is 0 Å². The minimum atomic E-state index is -0.924. The molecule has 1 aliphatic carbocycles. The van der Waals surface area contributed by atoms with Gasteiger partial charge in [0.25, 0.3) is 0 Å². The Morgan fingerprint density at radius 2 is 1.53 bits per heavy atom. The van der Waals surface area contributed by atoms with Gasteiger partial charge in [0.05, 0.1) is 12.0 Å². The molecule has 2 amide bonds. The Labute approximate surface area is 113 Å². The molecule has 1 heterocycles. The van der Waals surface area contributed by atoms with Crippen LogP contribution in [-0.2, 0) is 14.4 Å². The number of carbonyl (C=O) groups is 3. The van der Waals surface area contributed by atoms with E-state index in [1.165, 1.54) is 4.90 Å². The fourth-order valence-corrected chi connectivity index (χ4v) is 3.42. The van der Waals surface area contributed by atoms with Gasteiger partial charge in [0.2, 0.25) is 11.8 Å². The van der Waals surface area contributed by atoms with Gasteiger partial charge in [-0.3, -0.25) is 19.3 Å². The Hall–Kier alpha value is -1.39. The number of rotatable bonds is 3. The quantitative estimate of drug-likeness (QED) is 0.794. The molecular formula is C14H21NO4. The van der Waals surface area contributed by atoms with E-state index in [2.05, 4.69) is 0 Å². The van der Waals surface area contributed by atoms with Crippen molar-refractivity contribution in [2.45, 2.75) is 69.7 Å². The molecule has 0 aromatic rings. The fraction of sp³-hybridized carbons (Fsp3) is 0.786. The summed E-state index contributed by atoms with van der Waals surface area (Å²) in [6.07, 6.45) is 6.19. The van der Waals surface area contributed by atoms with Gasteiger partial charge in [-0.1, -0.05) is 19.3 Å². The zero-order chi connectivity index (χ0) is 13.9. The molecule has 0 bridgehead atoms. The number of hydrogen-bond acceptors (Lipinski definition) is 3. The SMILES string of the molecule is O=C(O)CC1(N2C(=O)CCCCC2=O)CCCCC1. The van der Waals surface area contributed by atoms with Crippen LogP contribution in [0, 0.1) is 0 Å². The van der Waals surface area contributed by atoms with Crippen molar-refractivity contribution in [3.05, 3.63) is 0 Å². The number of hydrogen-bond donors (Lipinski definition) is 1. The molecule has 0 aromatic carbocycles. The summed E-state index contributed by atoms with van der Waals surface area (Å²) in [6, 6.07) is 0. The summed E-state index contributed by atoms with van der Waals surface area (Å²) in [6.45, 7) is 0. The molecular weight excluding hydrogens is 246 g/mol. The molecule has 2 fully saturated rings. The molecule has 19 heavy (non-hydrogen) atoms. The highest BCUT2D eigenvalue weighted by Crippen LogP contribution is 2.38. The van der Waals surface area contributed by atoms with Gasteiger partial charge in [-0.15, -0.1) is 0 Å². The molecule has 0 unspecified atom stereocenters. The third kappa shape index (κ3) is 2.96. The largest absolute Gasteiger partial charge is 0.481 e. The first-order valence-corrected chi connectivity index (χ1v) is 7.13. The topological polar surface area (TPSA) is 74.7 Å². The molecule has 1 aliphatic heterocycles. The molecule has 5 nitrogen and oxygen atoms in total. The first kappa shape index (κ1) is 14.0. The first-order chi connectivity index (χ1) is 9.05. The number of aliphatic carboxylic acids is 1. The van der Waals surface area contributed by atoms with E-state index >= 15 is 0 Å². The summed E-state index contributed by atoms with van der Waals surface area (Å²) >= 11 is 0. The van der Waals surface area contributed by atoms with Crippen LogP contribution in [0.1, 0.15) is 64.2 Å². The maximum absolute atomic E-state index is 12.2. The maximum Gasteiger partial charge on any atom is 0.305 e. The molecule has 1 N–H and O–H groups in total. The highest BCUT2D eigenvalue weighted by molar-refractivity contribution is 5.97. The lowest BCUT2D eigenvalue weighted by molar-refractivity contribution is -0.156. The molecule has 106 valence electrons. The number of nitrogens with zero attached hydrogens (tertiary/aromatic N) is 1. The Morgan fingerprint density at radius 1 is 1.00 bits per heavy atom. The van der Waals surface area contributed by atoms with Gasteiger partial charge < -0.3 is 5.11 Å². The van der Waals surface area contributed by atoms with Gasteiger partial charge in [-0.05, 0) is 25.7 Å². The second kappa shape index (κ2) is 5.72. The second-order valence-corrected chi connectivity index (χ2v) is 5.69. The number of likely N-dealkylation sites (tertiary alicyclic amines) is 1. The molecule has 0 aromatic heterocycles. The fourth-order valence-electron chi connectivity index (χ4n) is 3.42. The molecule has 2 aliphatic rings. The summed E-state index contributed by atoms with van der Waals surface area (Å²) in [7, 11) is 0. The lowest BCUT2D eigenvalue weighted by Crippen LogP contribution is -2.56. The molecule has 5 heteroatoms. The van der Waals surface area contributed by atoms with Crippen LogP contribution in [0.2, 0.25) is 0 Å². The van der Waals surface area contributed by atoms with Gasteiger partial charge in [-0.2, -0.15) is 0 Å². The monoisotopic (exact) mass is 267 g/mol. The number of amides is 2. The van der Waals surface area contributed by atoms with Crippen molar-refractivity contribution >= 4 is 17.8 Å². The first-order valence-electron chi connectivity index (χ1n) is 7.13. The Morgan fingerprint density at radius 3 is 2.00 bits per heavy atom. The third-order valence-electron chi connectivity index (χ3n) is 4.27. The van der Waals surface area contributed by atoms with Crippen molar-refractivity contribution in [3.8, 4) is 0 Å². The van der Waals surface area contributed by atoms with Crippen LogP contribution in [-0.4, -0.2) is 33.3 Å². The zero-order valence-corrected chi connectivity index (χ0v) is 11.2. The van der Waals surface area contributed by atoms with E-state index in [0.29, 0.717) is 25.7 Å². The van der Waals surface area contributed by atoms with E-state index in [9.17, 15) is 14.4 Å². The van der Waals surface area contributed by atoms with E-state index in [1.807, 2.05) is 0 Å². The van der Waals surface area contributed by atoms with Crippen LogP contribution in [0.15, 0.2) is 0 Å². The Kier molecular flexibility index (Phi) is 4.22. The van der Waals surface area contributed by atoms with Gasteiger partial charge in [-0.25, -0.2) is 0 Å². The predicted octanol–water partition coefficient (Wildman–Crippen LogP) is 2.09. The van der Waals surface area contributed by atoms with Crippen LogP contribution in [0.3, 0.4) is 0 Å². The third-order valence-corrected chi connectivity index (χ3v) is 4.27. The minimum absolute atomic E-state index is 0.107. The van der Waals surface area contributed by atoms with Gasteiger partial charge in [0, 0.05) is 12.8 Å². The summed E-state index contributed by atoms with van der Waals surface area (Å²) in [5.74, 6) is -1.27. The average Bonchev–Trinajstić information content (AvgIpc) is 2.51. The highest BCUT2D eigenvalue weighted by atomic mass is 16.4. The van der Waals surface area contributed by atoms with Crippen LogP contribution >= 0.6 is 0 Å². The molecule has 0 radical (unpaired) electrons. The average molecular weight is 267 g/mol. The predicted molar refractivity (Wildman–Crippen MR) is 68.4 cm³/mol. The number of carbonyl (C=O) groups excluding carboxylic acids is 2. The number of imide groups is 1. The normalized spacial score (nSPS) is 24.1. The van der Waals surface area contributed by atoms with Gasteiger partial charge in [0.15, 0.2) is 0 Å².